The summed E-state index contributed by atoms with van der Waals surface area (Å²) in [7, 11) is 0. The first-order valence-corrected chi connectivity index (χ1v) is 7.29. The zero-order valence-corrected chi connectivity index (χ0v) is 11.4. The largest absolute Gasteiger partial charge is 0.355 e. The summed E-state index contributed by atoms with van der Waals surface area (Å²) in [6, 6.07) is 4.62. The van der Waals surface area contributed by atoms with Gasteiger partial charge in [-0.25, -0.2) is 4.98 Å². The number of piperidine rings is 1. The number of pyridine rings is 1. The molecule has 1 aliphatic carbocycles. The highest BCUT2D eigenvalue weighted by molar-refractivity contribution is 6.32. The van der Waals surface area contributed by atoms with Gasteiger partial charge in [0.2, 0.25) is 0 Å². The third-order valence-electron chi connectivity index (χ3n) is 3.83. The Balaban J connectivity index is 1.60. The Morgan fingerprint density at radius 1 is 1.39 bits per heavy atom. The van der Waals surface area contributed by atoms with Crippen molar-refractivity contribution < 1.29 is 0 Å². The van der Waals surface area contributed by atoms with Crippen LogP contribution in [0.1, 0.15) is 25.7 Å². The van der Waals surface area contributed by atoms with Crippen molar-refractivity contribution in [2.24, 2.45) is 5.92 Å². The number of hydrogen-bond acceptors (Lipinski definition) is 3. The van der Waals surface area contributed by atoms with Gasteiger partial charge in [0.1, 0.15) is 5.82 Å². The summed E-state index contributed by atoms with van der Waals surface area (Å²) < 4.78 is 0. The van der Waals surface area contributed by atoms with Gasteiger partial charge in [0.25, 0.3) is 0 Å². The minimum Gasteiger partial charge on any atom is -0.355 e. The van der Waals surface area contributed by atoms with Crippen LogP contribution >= 0.6 is 11.6 Å². The summed E-state index contributed by atoms with van der Waals surface area (Å²) in [6.45, 7) is 3.30. The molecule has 2 aliphatic rings. The Hall–Kier alpha value is -0.800. The summed E-state index contributed by atoms with van der Waals surface area (Å²) in [4.78, 5) is 6.76. The summed E-state index contributed by atoms with van der Waals surface area (Å²) in [5, 5.41) is 4.40. The Kier molecular flexibility index (Phi) is 3.71. The second-order valence-corrected chi connectivity index (χ2v) is 5.85. The average Bonchev–Trinajstić information content (AvgIpc) is 3.21. The minimum atomic E-state index is 0.734. The number of anilines is 1. The van der Waals surface area contributed by atoms with Gasteiger partial charge in [-0.1, -0.05) is 11.6 Å². The van der Waals surface area contributed by atoms with Crippen molar-refractivity contribution in [3.05, 3.63) is 23.4 Å². The van der Waals surface area contributed by atoms with E-state index in [1.807, 2.05) is 18.3 Å². The van der Waals surface area contributed by atoms with E-state index in [1.165, 1.54) is 25.7 Å². The molecule has 0 amide bonds. The van der Waals surface area contributed by atoms with E-state index in [0.29, 0.717) is 0 Å². The van der Waals surface area contributed by atoms with E-state index in [-0.39, 0.29) is 0 Å². The molecule has 18 heavy (non-hydrogen) atoms. The first kappa shape index (κ1) is 12.2. The Morgan fingerprint density at radius 2 is 2.28 bits per heavy atom. The van der Waals surface area contributed by atoms with Crippen molar-refractivity contribution in [1.29, 1.82) is 0 Å². The lowest BCUT2D eigenvalue weighted by Crippen LogP contribution is -2.40. The zero-order valence-electron chi connectivity index (χ0n) is 10.6. The smallest absolute Gasteiger partial charge is 0.147 e. The maximum Gasteiger partial charge on any atom is 0.147 e. The first-order valence-electron chi connectivity index (χ1n) is 6.92. The molecule has 3 rings (SSSR count). The van der Waals surface area contributed by atoms with Gasteiger partial charge in [-0.2, -0.15) is 0 Å². The Morgan fingerprint density at radius 3 is 3.06 bits per heavy atom. The molecule has 1 saturated heterocycles. The molecule has 1 aromatic heterocycles. The van der Waals surface area contributed by atoms with E-state index < -0.39 is 0 Å². The molecule has 1 saturated carbocycles. The number of halogens is 1. The molecule has 3 nitrogen and oxygen atoms in total. The van der Waals surface area contributed by atoms with Gasteiger partial charge in [-0.05, 0) is 50.3 Å². The normalized spacial score (nSPS) is 24.3. The van der Waals surface area contributed by atoms with E-state index in [2.05, 4.69) is 15.2 Å². The zero-order chi connectivity index (χ0) is 12.4. The summed E-state index contributed by atoms with van der Waals surface area (Å²) in [6.07, 6.45) is 7.11. The molecular weight excluding hydrogens is 246 g/mol. The summed E-state index contributed by atoms with van der Waals surface area (Å²) >= 11 is 6.22. The van der Waals surface area contributed by atoms with E-state index >= 15 is 0 Å². The molecule has 98 valence electrons. The van der Waals surface area contributed by atoms with Crippen molar-refractivity contribution in [2.45, 2.75) is 31.7 Å². The molecule has 1 aliphatic heterocycles. The highest BCUT2D eigenvalue weighted by Gasteiger charge is 2.25. The number of hydrogen-bond donors (Lipinski definition) is 1. The van der Waals surface area contributed by atoms with E-state index in [9.17, 15) is 0 Å². The predicted octanol–water partition coefficient (Wildman–Crippen LogP) is 2.70. The maximum absolute atomic E-state index is 6.22. The molecule has 2 fully saturated rings. The van der Waals surface area contributed by atoms with Gasteiger partial charge in [0, 0.05) is 25.3 Å². The van der Waals surface area contributed by atoms with E-state index in [0.717, 1.165) is 42.4 Å². The highest BCUT2D eigenvalue weighted by atomic mass is 35.5. The van der Waals surface area contributed by atoms with Crippen LogP contribution < -0.4 is 10.2 Å². The lowest BCUT2D eigenvalue weighted by Gasteiger charge is -2.34. The van der Waals surface area contributed by atoms with Crippen molar-refractivity contribution >= 4 is 17.4 Å². The van der Waals surface area contributed by atoms with Crippen LogP contribution in [0.4, 0.5) is 5.82 Å². The second kappa shape index (κ2) is 5.45. The van der Waals surface area contributed by atoms with E-state index in [4.69, 9.17) is 11.6 Å². The van der Waals surface area contributed by atoms with Gasteiger partial charge >= 0.3 is 0 Å². The van der Waals surface area contributed by atoms with Crippen molar-refractivity contribution in [3.8, 4) is 0 Å². The highest BCUT2D eigenvalue weighted by Crippen LogP contribution is 2.27. The molecule has 2 heterocycles. The van der Waals surface area contributed by atoms with Crippen LogP contribution in [0.2, 0.25) is 5.02 Å². The number of nitrogens with one attached hydrogen (secondary N) is 1. The van der Waals surface area contributed by atoms with Crippen LogP contribution in [0, 0.1) is 5.92 Å². The third kappa shape index (κ3) is 2.96. The van der Waals surface area contributed by atoms with Crippen molar-refractivity contribution in [1.82, 2.24) is 10.3 Å². The number of aromatic nitrogens is 1. The van der Waals surface area contributed by atoms with Gasteiger partial charge < -0.3 is 10.2 Å². The molecule has 0 aromatic carbocycles. The quantitative estimate of drug-likeness (QED) is 0.907. The summed E-state index contributed by atoms with van der Waals surface area (Å²) in [5.41, 5.74) is 0. The molecule has 1 aromatic rings. The number of nitrogens with zero attached hydrogens (tertiary/aromatic N) is 2. The van der Waals surface area contributed by atoms with Crippen LogP contribution in [-0.2, 0) is 0 Å². The minimum absolute atomic E-state index is 0.734. The molecule has 0 spiro atoms. The van der Waals surface area contributed by atoms with Crippen LogP contribution in [0.5, 0.6) is 0 Å². The van der Waals surface area contributed by atoms with Gasteiger partial charge in [-0.15, -0.1) is 0 Å². The topological polar surface area (TPSA) is 28.2 Å². The second-order valence-electron chi connectivity index (χ2n) is 5.45. The SMILES string of the molecule is Clc1cccnc1N1CCCC(CNC2CC2)C1. The van der Waals surface area contributed by atoms with E-state index in [1.54, 1.807) is 0 Å². The Labute approximate surface area is 114 Å². The number of rotatable bonds is 4. The molecule has 0 bridgehead atoms. The fraction of sp³-hybridized carbons (Fsp3) is 0.643. The maximum atomic E-state index is 6.22. The molecule has 4 heteroatoms. The summed E-state index contributed by atoms with van der Waals surface area (Å²) in [5.74, 6) is 1.69. The first-order chi connectivity index (χ1) is 8.83. The fourth-order valence-corrected chi connectivity index (χ4v) is 2.90. The molecule has 0 radical (unpaired) electrons. The van der Waals surface area contributed by atoms with Crippen LogP contribution in [0.15, 0.2) is 18.3 Å². The molecule has 1 atom stereocenters. The van der Waals surface area contributed by atoms with Crippen LogP contribution in [-0.4, -0.2) is 30.7 Å². The molecule has 1 N–H and O–H groups in total. The van der Waals surface area contributed by atoms with Crippen LogP contribution in [0.25, 0.3) is 0 Å². The van der Waals surface area contributed by atoms with Gasteiger partial charge in [-0.3, -0.25) is 0 Å². The fourth-order valence-electron chi connectivity index (χ4n) is 2.65. The standard InChI is InChI=1S/C14H20ClN3/c15-13-4-1-7-16-14(13)18-8-2-3-11(10-18)9-17-12-5-6-12/h1,4,7,11-12,17H,2-3,5-6,8-10H2. The van der Waals surface area contributed by atoms with Crippen LogP contribution in [0.3, 0.4) is 0 Å². The lowest BCUT2D eigenvalue weighted by atomic mass is 9.98. The van der Waals surface area contributed by atoms with Crippen molar-refractivity contribution in [2.75, 3.05) is 24.5 Å². The Bertz CT molecular complexity index is 406. The van der Waals surface area contributed by atoms with Gasteiger partial charge in [0.15, 0.2) is 0 Å². The molecular formula is C14H20ClN3. The monoisotopic (exact) mass is 265 g/mol. The van der Waals surface area contributed by atoms with Gasteiger partial charge in [0.05, 0.1) is 5.02 Å². The lowest BCUT2D eigenvalue weighted by molar-refractivity contribution is 0.389. The third-order valence-corrected chi connectivity index (χ3v) is 4.13. The average molecular weight is 266 g/mol. The molecule has 1 unspecified atom stereocenters. The predicted molar refractivity (Wildman–Crippen MR) is 75.2 cm³/mol. The van der Waals surface area contributed by atoms with Crippen molar-refractivity contribution in [3.63, 3.8) is 0 Å².